The van der Waals surface area contributed by atoms with Gasteiger partial charge in [-0.05, 0) is 78.3 Å². The summed E-state index contributed by atoms with van der Waals surface area (Å²) in [5.41, 5.74) is 0. The normalized spacial score (nSPS) is 12.5. The van der Waals surface area contributed by atoms with Crippen molar-refractivity contribution in [3.8, 4) is 0 Å². The molecule has 0 radical (unpaired) electrons. The monoisotopic (exact) mass is 648 g/mol. The van der Waals surface area contributed by atoms with Gasteiger partial charge in [-0.1, -0.05) is 141 Å². The summed E-state index contributed by atoms with van der Waals surface area (Å²) >= 11 is 0. The fraction of sp³-hybridized carbons (Fsp3) is 0.854. The Kier molecular flexibility index (Phi) is 34.9. The van der Waals surface area contributed by atoms with Crippen LogP contribution in [-0.2, 0) is 19.1 Å². The number of ether oxygens (including phenoxy) is 2. The highest BCUT2D eigenvalue weighted by atomic mass is 16.6. The lowest BCUT2D eigenvalue weighted by Crippen LogP contribution is -2.34. The molecule has 0 aliphatic rings. The molecule has 270 valence electrons. The van der Waals surface area contributed by atoms with E-state index in [9.17, 15) is 9.59 Å². The van der Waals surface area contributed by atoms with Crippen LogP contribution in [0.5, 0.6) is 0 Å². The number of carbonyl (C=O) groups is 2. The number of hydrogen-bond donors (Lipinski definition) is 0. The number of allylic oxidation sites excluding steroid dienone is 4. The third kappa shape index (κ3) is 35.2. The molecule has 0 heterocycles. The first-order valence-electron chi connectivity index (χ1n) is 19.8. The van der Waals surface area contributed by atoms with Gasteiger partial charge in [0.25, 0.3) is 0 Å². The smallest absolute Gasteiger partial charge is 0.306 e. The van der Waals surface area contributed by atoms with Crippen LogP contribution in [0.3, 0.4) is 0 Å². The third-order valence-corrected chi connectivity index (χ3v) is 8.58. The Balaban J connectivity index is 3.78. The molecular weight excluding hydrogens is 570 g/mol. The molecule has 0 bridgehead atoms. The first-order chi connectivity index (χ1) is 22.5. The molecule has 5 nitrogen and oxygen atoms in total. The van der Waals surface area contributed by atoms with Crippen LogP contribution < -0.4 is 0 Å². The van der Waals surface area contributed by atoms with E-state index in [0.717, 1.165) is 38.5 Å². The Morgan fingerprint density at radius 1 is 0.500 bits per heavy atom. The van der Waals surface area contributed by atoms with Crippen LogP contribution in [0.25, 0.3) is 0 Å². The lowest BCUT2D eigenvalue weighted by molar-refractivity contribution is -0.160. The molecule has 5 heteroatoms. The second kappa shape index (κ2) is 36.2. The summed E-state index contributed by atoms with van der Waals surface area (Å²) in [6.45, 7) is 5.23. The van der Waals surface area contributed by atoms with Crippen LogP contribution in [0.2, 0.25) is 0 Å². The predicted molar refractivity (Wildman–Crippen MR) is 198 cm³/mol. The number of carbonyl (C=O) groups excluding carboxylic acids is 2. The summed E-state index contributed by atoms with van der Waals surface area (Å²) in [5.74, 6) is -0.368. The minimum Gasteiger partial charge on any atom is -0.462 e. The summed E-state index contributed by atoms with van der Waals surface area (Å²) in [6, 6.07) is 0. The molecule has 1 unspecified atom stereocenters. The molecule has 46 heavy (non-hydrogen) atoms. The summed E-state index contributed by atoms with van der Waals surface area (Å²) in [4.78, 5) is 26.7. The van der Waals surface area contributed by atoms with Gasteiger partial charge in [0.15, 0.2) is 0 Å². The van der Waals surface area contributed by atoms with Crippen LogP contribution in [0.4, 0.5) is 0 Å². The van der Waals surface area contributed by atoms with Gasteiger partial charge in [0.2, 0.25) is 0 Å². The first-order valence-corrected chi connectivity index (χ1v) is 19.8. The number of hydrogen-bond acceptors (Lipinski definition) is 5. The molecule has 0 N–H and O–H groups in total. The van der Waals surface area contributed by atoms with Crippen molar-refractivity contribution < 1.29 is 19.1 Å². The van der Waals surface area contributed by atoms with E-state index in [1.54, 1.807) is 0 Å². The maximum absolute atomic E-state index is 12.4. The zero-order valence-electron chi connectivity index (χ0n) is 31.2. The summed E-state index contributed by atoms with van der Waals surface area (Å²) in [6.07, 6.45) is 42.0. The van der Waals surface area contributed by atoms with Gasteiger partial charge >= 0.3 is 11.9 Å². The van der Waals surface area contributed by atoms with Crippen molar-refractivity contribution in [3.05, 3.63) is 24.3 Å². The van der Waals surface area contributed by atoms with Gasteiger partial charge in [-0.3, -0.25) is 9.59 Å². The van der Waals surface area contributed by atoms with Crippen molar-refractivity contribution in [2.24, 2.45) is 0 Å². The molecule has 1 atom stereocenters. The van der Waals surface area contributed by atoms with E-state index in [2.05, 4.69) is 38.2 Å². The maximum Gasteiger partial charge on any atom is 0.306 e. The second-order valence-corrected chi connectivity index (χ2v) is 13.7. The molecule has 0 aromatic carbocycles. The minimum absolute atomic E-state index is 0.139. The van der Waals surface area contributed by atoms with Crippen LogP contribution in [0.15, 0.2) is 24.3 Å². The van der Waals surface area contributed by atoms with E-state index in [4.69, 9.17) is 9.47 Å². The van der Waals surface area contributed by atoms with Gasteiger partial charge in [0.05, 0.1) is 0 Å². The lowest BCUT2D eigenvalue weighted by atomic mass is 10.1. The standard InChI is InChI=1S/C41H77NO4/c1-5-7-9-11-13-15-17-19-21-23-25-27-29-31-33-35-40(43)45-38-39(37-42(3)4)46-41(44)36-34-32-30-28-26-24-22-20-18-16-14-12-10-8-6-2/h19-22,39H,5-18,23-38H2,1-4H3/b21-19-,22-20-. The third-order valence-electron chi connectivity index (χ3n) is 8.58. The maximum atomic E-state index is 12.4. The van der Waals surface area contributed by atoms with E-state index in [-0.39, 0.29) is 18.5 Å². The van der Waals surface area contributed by atoms with Crippen molar-refractivity contribution in [1.82, 2.24) is 4.90 Å². The SMILES string of the molecule is CCCCCCCC/C=C\CCCCCCCC(=O)OCC(CN(C)C)OC(=O)CCCCCCC/C=C\CCCCCCCC. The number of esters is 2. The fourth-order valence-electron chi connectivity index (χ4n) is 5.71. The highest BCUT2D eigenvalue weighted by molar-refractivity contribution is 5.70. The number of unbranched alkanes of at least 4 members (excludes halogenated alkanes) is 22. The molecule has 0 amide bonds. The van der Waals surface area contributed by atoms with Gasteiger partial charge in [-0.25, -0.2) is 0 Å². The van der Waals surface area contributed by atoms with Crippen molar-refractivity contribution in [1.29, 1.82) is 0 Å². The van der Waals surface area contributed by atoms with Crippen molar-refractivity contribution >= 4 is 11.9 Å². The Hall–Kier alpha value is -1.62. The Bertz CT molecular complexity index is 717. The molecule has 0 aromatic rings. The van der Waals surface area contributed by atoms with E-state index in [0.29, 0.717) is 19.4 Å². The Morgan fingerprint density at radius 3 is 1.24 bits per heavy atom. The molecule has 0 saturated heterocycles. The quantitative estimate of drug-likeness (QED) is 0.0389. The van der Waals surface area contributed by atoms with Crippen LogP contribution in [0, 0.1) is 0 Å². The van der Waals surface area contributed by atoms with Gasteiger partial charge in [0.1, 0.15) is 12.7 Å². The molecular formula is C41H77NO4. The van der Waals surface area contributed by atoms with Crippen LogP contribution in [0.1, 0.15) is 194 Å². The molecule has 0 aliphatic heterocycles. The zero-order valence-corrected chi connectivity index (χ0v) is 31.2. The van der Waals surface area contributed by atoms with Gasteiger partial charge < -0.3 is 14.4 Å². The summed E-state index contributed by atoms with van der Waals surface area (Å²) < 4.78 is 11.2. The number of rotatable bonds is 35. The first kappa shape index (κ1) is 44.4. The van der Waals surface area contributed by atoms with E-state index in [1.807, 2.05) is 19.0 Å². The van der Waals surface area contributed by atoms with Gasteiger partial charge in [0, 0.05) is 19.4 Å². The highest BCUT2D eigenvalue weighted by Crippen LogP contribution is 2.13. The molecule has 0 aromatic heterocycles. The molecule has 0 spiro atoms. The van der Waals surface area contributed by atoms with E-state index < -0.39 is 6.10 Å². The number of nitrogens with zero attached hydrogens (tertiary/aromatic N) is 1. The van der Waals surface area contributed by atoms with Gasteiger partial charge in [-0.15, -0.1) is 0 Å². The topological polar surface area (TPSA) is 55.8 Å². The van der Waals surface area contributed by atoms with Crippen molar-refractivity contribution in [3.63, 3.8) is 0 Å². The predicted octanol–water partition coefficient (Wildman–Crippen LogP) is 12.1. The van der Waals surface area contributed by atoms with Crippen molar-refractivity contribution in [2.45, 2.75) is 200 Å². The molecule has 0 saturated carbocycles. The summed E-state index contributed by atoms with van der Waals surface area (Å²) in [5, 5.41) is 0. The average Bonchev–Trinajstić information content (AvgIpc) is 3.03. The Morgan fingerprint density at radius 2 is 0.848 bits per heavy atom. The largest absolute Gasteiger partial charge is 0.462 e. The highest BCUT2D eigenvalue weighted by Gasteiger charge is 2.18. The summed E-state index contributed by atoms with van der Waals surface area (Å²) in [7, 11) is 3.88. The zero-order chi connectivity index (χ0) is 33.8. The van der Waals surface area contributed by atoms with Crippen LogP contribution in [-0.4, -0.2) is 50.2 Å². The Labute approximate surface area is 286 Å². The van der Waals surface area contributed by atoms with E-state index >= 15 is 0 Å². The molecule has 0 rings (SSSR count). The lowest BCUT2D eigenvalue weighted by Gasteiger charge is -2.21. The number of likely N-dealkylation sites (N-methyl/N-ethyl adjacent to an activating group) is 1. The minimum atomic E-state index is -0.413. The van der Waals surface area contributed by atoms with E-state index in [1.165, 1.54) is 128 Å². The molecule has 0 fully saturated rings. The average molecular weight is 648 g/mol. The molecule has 0 aliphatic carbocycles. The van der Waals surface area contributed by atoms with Crippen LogP contribution >= 0.6 is 0 Å². The van der Waals surface area contributed by atoms with Gasteiger partial charge in [-0.2, -0.15) is 0 Å². The van der Waals surface area contributed by atoms with Crippen molar-refractivity contribution in [2.75, 3.05) is 27.2 Å². The fourth-order valence-corrected chi connectivity index (χ4v) is 5.71. The second-order valence-electron chi connectivity index (χ2n) is 13.7.